The number of halogens is 4. The highest BCUT2D eigenvalue weighted by Gasteiger charge is 2.38. The number of hydrogen-bond acceptors (Lipinski definition) is 1. The summed E-state index contributed by atoms with van der Waals surface area (Å²) >= 11 is 0. The molecule has 19 heavy (non-hydrogen) atoms. The molecule has 0 aliphatic heterocycles. The van der Waals surface area contributed by atoms with Gasteiger partial charge in [-0.1, -0.05) is 0 Å². The highest BCUT2D eigenvalue weighted by atomic mass is 19.4. The fourth-order valence-electron chi connectivity index (χ4n) is 2.07. The summed E-state index contributed by atoms with van der Waals surface area (Å²) in [6.45, 7) is 3.00. The van der Waals surface area contributed by atoms with Gasteiger partial charge in [-0.3, -0.25) is 4.79 Å². The quantitative estimate of drug-likeness (QED) is 0.612. The lowest BCUT2D eigenvalue weighted by molar-refractivity contribution is -0.138. The third kappa shape index (κ3) is 3.00. The summed E-state index contributed by atoms with van der Waals surface area (Å²) in [5.74, 6) is -1.78. The molecule has 1 fully saturated rings. The molecule has 1 saturated carbocycles. The van der Waals surface area contributed by atoms with Gasteiger partial charge in [0.25, 0.3) is 0 Å². The van der Waals surface area contributed by atoms with Crippen molar-refractivity contribution in [2.45, 2.75) is 31.4 Å². The van der Waals surface area contributed by atoms with Gasteiger partial charge in [0.05, 0.1) is 12.0 Å². The Labute approximate surface area is 107 Å². The monoisotopic (exact) mass is 273 g/mol. The van der Waals surface area contributed by atoms with Gasteiger partial charge in [-0.25, -0.2) is 9.38 Å². The molecule has 0 aromatic heterocycles. The van der Waals surface area contributed by atoms with E-state index in [-0.39, 0.29) is 17.0 Å². The number of hydrogen-bond donors (Lipinski definition) is 0. The lowest BCUT2D eigenvalue weighted by Crippen LogP contribution is -2.14. The fraction of sp³-hybridized carbons (Fsp3) is 0.385. The van der Waals surface area contributed by atoms with Gasteiger partial charge in [-0.2, -0.15) is 13.2 Å². The first-order chi connectivity index (χ1) is 8.82. The molecule has 0 bridgehead atoms. The Bertz CT molecular complexity index is 532. The van der Waals surface area contributed by atoms with Gasteiger partial charge in [0.1, 0.15) is 5.82 Å². The minimum absolute atomic E-state index is 0.0931. The van der Waals surface area contributed by atoms with Crippen LogP contribution in [0.5, 0.6) is 0 Å². The Balaban J connectivity index is 2.56. The predicted molar refractivity (Wildman–Crippen MR) is 61.6 cm³/mol. The van der Waals surface area contributed by atoms with E-state index in [4.69, 9.17) is 0 Å². The maximum absolute atomic E-state index is 13.3. The topological polar surface area (TPSA) is 29.4 Å². The fourth-order valence-corrected chi connectivity index (χ4v) is 2.07. The molecule has 2 nitrogen and oxygen atoms in total. The first-order valence-electron chi connectivity index (χ1n) is 5.72. The van der Waals surface area contributed by atoms with Gasteiger partial charge < -0.3 is 0 Å². The summed E-state index contributed by atoms with van der Waals surface area (Å²) in [5, 5.41) is 0. The van der Waals surface area contributed by atoms with Gasteiger partial charge in [0.15, 0.2) is 0 Å². The van der Waals surface area contributed by atoms with E-state index < -0.39 is 29.9 Å². The van der Waals surface area contributed by atoms with Crippen LogP contribution in [0.25, 0.3) is 0 Å². The number of rotatable bonds is 3. The van der Waals surface area contributed by atoms with Gasteiger partial charge >= 0.3 is 6.18 Å². The molecule has 1 aliphatic carbocycles. The smallest absolute Gasteiger partial charge is 0.272 e. The Hall–Kier alpha value is -1.72. The van der Waals surface area contributed by atoms with Crippen LogP contribution < -0.4 is 0 Å². The van der Waals surface area contributed by atoms with Crippen LogP contribution in [0.1, 0.15) is 35.4 Å². The molecule has 2 rings (SSSR count). The van der Waals surface area contributed by atoms with Crippen LogP contribution in [0.3, 0.4) is 0 Å². The maximum atomic E-state index is 13.3. The molecule has 0 radical (unpaired) electrons. The zero-order valence-corrected chi connectivity index (χ0v) is 9.93. The SMILES string of the molecule is C=NC(=O)Cc1c(C2CC2)cc(F)cc1C(F)(F)F. The Morgan fingerprint density at radius 3 is 2.47 bits per heavy atom. The second kappa shape index (κ2) is 4.75. The predicted octanol–water partition coefficient (Wildman–Crippen LogP) is 3.49. The van der Waals surface area contributed by atoms with Crippen LogP contribution in [0, 0.1) is 5.82 Å². The summed E-state index contributed by atoms with van der Waals surface area (Å²) in [5.41, 5.74) is -0.996. The molecule has 1 amide bonds. The summed E-state index contributed by atoms with van der Waals surface area (Å²) in [6.07, 6.45) is -3.76. The second-order valence-electron chi connectivity index (χ2n) is 4.52. The van der Waals surface area contributed by atoms with Gasteiger partial charge in [0, 0.05) is 0 Å². The van der Waals surface area contributed by atoms with E-state index in [0.717, 1.165) is 6.07 Å². The van der Waals surface area contributed by atoms with E-state index in [1.807, 2.05) is 0 Å². The van der Waals surface area contributed by atoms with Crippen LogP contribution in [-0.4, -0.2) is 12.6 Å². The normalized spacial score (nSPS) is 15.4. The van der Waals surface area contributed by atoms with Crippen molar-refractivity contribution >= 4 is 12.6 Å². The van der Waals surface area contributed by atoms with E-state index >= 15 is 0 Å². The van der Waals surface area contributed by atoms with Crippen molar-refractivity contribution in [1.29, 1.82) is 0 Å². The van der Waals surface area contributed by atoms with Gasteiger partial charge in [0.2, 0.25) is 5.91 Å². The average Bonchev–Trinajstić information content (AvgIpc) is 3.13. The molecule has 1 aromatic carbocycles. The van der Waals surface area contributed by atoms with Crippen molar-refractivity contribution < 1.29 is 22.4 Å². The van der Waals surface area contributed by atoms with Crippen molar-refractivity contribution in [1.82, 2.24) is 0 Å². The van der Waals surface area contributed by atoms with Crippen LogP contribution in [0.2, 0.25) is 0 Å². The Morgan fingerprint density at radius 1 is 1.37 bits per heavy atom. The average molecular weight is 273 g/mol. The first kappa shape index (κ1) is 13.7. The molecule has 0 heterocycles. The molecule has 0 saturated heterocycles. The zero-order chi connectivity index (χ0) is 14.2. The zero-order valence-electron chi connectivity index (χ0n) is 9.93. The number of carbonyl (C=O) groups excluding carboxylic acids is 1. The van der Waals surface area contributed by atoms with E-state index in [2.05, 4.69) is 11.7 Å². The Kier molecular flexibility index (Phi) is 3.43. The third-order valence-corrected chi connectivity index (χ3v) is 3.08. The largest absolute Gasteiger partial charge is 0.416 e. The molecule has 6 heteroatoms. The van der Waals surface area contributed by atoms with Crippen LogP contribution in [0.15, 0.2) is 17.1 Å². The third-order valence-electron chi connectivity index (χ3n) is 3.08. The van der Waals surface area contributed by atoms with Crippen molar-refractivity contribution in [3.8, 4) is 0 Å². The molecule has 0 N–H and O–H groups in total. The molecular formula is C13H11F4NO. The molecule has 1 aromatic rings. The molecule has 102 valence electrons. The minimum Gasteiger partial charge on any atom is -0.272 e. The van der Waals surface area contributed by atoms with Crippen molar-refractivity contribution in [3.05, 3.63) is 34.6 Å². The number of carbonyl (C=O) groups is 1. The molecule has 1 aliphatic rings. The summed E-state index contributed by atoms with van der Waals surface area (Å²) in [7, 11) is 0. The van der Waals surface area contributed by atoms with E-state index in [1.54, 1.807) is 0 Å². The lowest BCUT2D eigenvalue weighted by atomic mass is 9.94. The lowest BCUT2D eigenvalue weighted by Gasteiger charge is -2.16. The molecule has 0 unspecified atom stereocenters. The Morgan fingerprint density at radius 2 is 2.00 bits per heavy atom. The highest BCUT2D eigenvalue weighted by Crippen LogP contribution is 2.45. The van der Waals surface area contributed by atoms with Gasteiger partial charge in [-0.05, 0) is 48.7 Å². The van der Waals surface area contributed by atoms with Crippen LogP contribution in [0.4, 0.5) is 17.6 Å². The van der Waals surface area contributed by atoms with Crippen molar-refractivity contribution in [2.24, 2.45) is 4.99 Å². The van der Waals surface area contributed by atoms with Gasteiger partial charge in [-0.15, -0.1) is 0 Å². The van der Waals surface area contributed by atoms with E-state index in [9.17, 15) is 22.4 Å². The van der Waals surface area contributed by atoms with E-state index in [0.29, 0.717) is 18.9 Å². The number of amides is 1. The van der Waals surface area contributed by atoms with Crippen molar-refractivity contribution in [3.63, 3.8) is 0 Å². The number of benzene rings is 1. The number of aliphatic imine (C=N–C) groups is 1. The van der Waals surface area contributed by atoms with Crippen LogP contribution >= 0.6 is 0 Å². The van der Waals surface area contributed by atoms with E-state index in [1.165, 1.54) is 0 Å². The number of nitrogens with zero attached hydrogens (tertiary/aromatic N) is 1. The summed E-state index contributed by atoms with van der Waals surface area (Å²) in [6, 6.07) is 1.51. The standard InChI is InChI=1S/C13H11F4NO/c1-18-12(19)6-10-9(7-2-3-7)4-8(14)5-11(10)13(15,16)17/h4-5,7H,1-3,6H2. The molecule has 0 spiro atoms. The number of alkyl halides is 3. The van der Waals surface area contributed by atoms with Crippen LogP contribution in [-0.2, 0) is 17.4 Å². The summed E-state index contributed by atoms with van der Waals surface area (Å²) in [4.78, 5) is 14.4. The minimum atomic E-state index is -4.69. The highest BCUT2D eigenvalue weighted by molar-refractivity contribution is 5.83. The second-order valence-corrected chi connectivity index (χ2v) is 4.52. The first-order valence-corrected chi connectivity index (χ1v) is 5.72. The molecule has 0 atom stereocenters. The maximum Gasteiger partial charge on any atom is 0.416 e. The van der Waals surface area contributed by atoms with Crippen molar-refractivity contribution in [2.75, 3.05) is 0 Å². The summed E-state index contributed by atoms with van der Waals surface area (Å²) < 4.78 is 52.1. The molecular weight excluding hydrogens is 262 g/mol.